The summed E-state index contributed by atoms with van der Waals surface area (Å²) in [4.78, 5) is 23.0. The molecular formula is C14H17NO2. The van der Waals surface area contributed by atoms with Crippen LogP contribution in [0.25, 0.3) is 0 Å². The lowest BCUT2D eigenvalue weighted by Gasteiger charge is -2.45. The minimum atomic E-state index is -0.311. The fourth-order valence-corrected chi connectivity index (χ4v) is 2.27. The minimum Gasteiger partial charge on any atom is -0.346 e. The summed E-state index contributed by atoms with van der Waals surface area (Å²) in [6.07, 6.45) is 3.80. The highest BCUT2D eigenvalue weighted by atomic mass is 16.2. The Kier molecular flexibility index (Phi) is 3.27. The summed E-state index contributed by atoms with van der Waals surface area (Å²) in [5.74, 6) is -0.206. The number of benzene rings is 1. The molecule has 1 atom stereocenters. The van der Waals surface area contributed by atoms with Crippen molar-refractivity contribution in [3.63, 3.8) is 0 Å². The van der Waals surface area contributed by atoms with Gasteiger partial charge in [-0.25, -0.2) is 0 Å². The van der Waals surface area contributed by atoms with Crippen LogP contribution in [-0.4, -0.2) is 17.7 Å². The highest BCUT2D eigenvalue weighted by molar-refractivity contribution is 5.95. The van der Waals surface area contributed by atoms with Gasteiger partial charge in [-0.1, -0.05) is 25.1 Å². The molecular weight excluding hydrogens is 214 g/mol. The number of nitrogens with one attached hydrogen (secondary N) is 1. The average molecular weight is 231 g/mol. The molecule has 0 spiro atoms. The highest BCUT2D eigenvalue weighted by Gasteiger charge is 2.43. The summed E-state index contributed by atoms with van der Waals surface area (Å²) in [6, 6.07) is 9.13. The molecule has 1 aliphatic rings. The molecule has 0 heterocycles. The zero-order chi connectivity index (χ0) is 12.3. The van der Waals surface area contributed by atoms with E-state index in [1.165, 1.54) is 0 Å². The van der Waals surface area contributed by atoms with E-state index in [2.05, 4.69) is 5.32 Å². The number of aldehydes is 1. The number of carbonyl (C=O) groups excluding carboxylic acids is 2. The summed E-state index contributed by atoms with van der Waals surface area (Å²) in [6.45, 7) is 1.87. The number of rotatable bonds is 4. The van der Waals surface area contributed by atoms with Gasteiger partial charge in [-0.3, -0.25) is 4.79 Å². The number of hydrogen-bond acceptors (Lipinski definition) is 2. The van der Waals surface area contributed by atoms with Gasteiger partial charge in [0.1, 0.15) is 6.29 Å². The van der Waals surface area contributed by atoms with E-state index in [0.29, 0.717) is 5.56 Å². The average Bonchev–Trinajstić information content (AvgIpc) is 2.33. The Morgan fingerprint density at radius 1 is 1.35 bits per heavy atom. The molecule has 1 amide bonds. The molecule has 0 aromatic heterocycles. The van der Waals surface area contributed by atoms with Crippen LogP contribution in [0.1, 0.15) is 36.5 Å². The van der Waals surface area contributed by atoms with Gasteiger partial charge in [0.25, 0.3) is 5.91 Å². The first-order valence-electron chi connectivity index (χ1n) is 6.01. The van der Waals surface area contributed by atoms with Crippen molar-refractivity contribution in [2.45, 2.75) is 31.7 Å². The van der Waals surface area contributed by atoms with Gasteiger partial charge >= 0.3 is 0 Å². The molecule has 3 nitrogen and oxygen atoms in total. The predicted molar refractivity (Wildman–Crippen MR) is 65.7 cm³/mol. The van der Waals surface area contributed by atoms with Gasteiger partial charge in [0, 0.05) is 17.0 Å². The Morgan fingerprint density at radius 2 is 2.00 bits per heavy atom. The van der Waals surface area contributed by atoms with E-state index < -0.39 is 0 Å². The van der Waals surface area contributed by atoms with Gasteiger partial charge in [0.15, 0.2) is 0 Å². The molecule has 0 radical (unpaired) electrons. The van der Waals surface area contributed by atoms with Crippen molar-refractivity contribution in [1.82, 2.24) is 5.32 Å². The second kappa shape index (κ2) is 4.70. The van der Waals surface area contributed by atoms with E-state index in [0.717, 1.165) is 25.5 Å². The van der Waals surface area contributed by atoms with Crippen LogP contribution in [0.4, 0.5) is 0 Å². The van der Waals surface area contributed by atoms with Gasteiger partial charge in [0.2, 0.25) is 0 Å². The largest absolute Gasteiger partial charge is 0.346 e. The molecule has 0 bridgehead atoms. The third-order valence-electron chi connectivity index (χ3n) is 3.72. The van der Waals surface area contributed by atoms with Gasteiger partial charge in [-0.05, 0) is 31.4 Å². The van der Waals surface area contributed by atoms with Crippen LogP contribution in [0.2, 0.25) is 0 Å². The summed E-state index contributed by atoms with van der Waals surface area (Å²) in [7, 11) is 0. The molecule has 3 heteroatoms. The Hall–Kier alpha value is -1.64. The lowest BCUT2D eigenvalue weighted by Crippen LogP contribution is -2.58. The molecule has 90 valence electrons. The van der Waals surface area contributed by atoms with Gasteiger partial charge in [-0.2, -0.15) is 0 Å². The summed E-state index contributed by atoms with van der Waals surface area (Å²) in [5.41, 5.74) is 0.339. The maximum Gasteiger partial charge on any atom is 0.251 e. The molecule has 2 rings (SSSR count). The summed E-state index contributed by atoms with van der Waals surface area (Å²) >= 11 is 0. The Bertz CT molecular complexity index is 409. The van der Waals surface area contributed by atoms with Crippen LogP contribution >= 0.6 is 0 Å². The first-order valence-corrected chi connectivity index (χ1v) is 6.01. The van der Waals surface area contributed by atoms with Crippen LogP contribution in [0.5, 0.6) is 0 Å². The van der Waals surface area contributed by atoms with Crippen LogP contribution in [0.3, 0.4) is 0 Å². The molecule has 0 saturated heterocycles. The minimum absolute atomic E-state index is 0.0843. The van der Waals surface area contributed by atoms with Crippen molar-refractivity contribution < 1.29 is 9.59 Å². The molecule has 1 aromatic rings. The second-order valence-electron chi connectivity index (χ2n) is 4.75. The lowest BCUT2D eigenvalue weighted by atomic mass is 9.69. The molecule has 1 unspecified atom stereocenters. The van der Waals surface area contributed by atoms with Crippen molar-refractivity contribution >= 4 is 12.2 Å². The van der Waals surface area contributed by atoms with Crippen molar-refractivity contribution in [2.24, 2.45) is 5.92 Å². The molecule has 17 heavy (non-hydrogen) atoms. The maximum atomic E-state index is 12.0. The van der Waals surface area contributed by atoms with Gasteiger partial charge < -0.3 is 10.1 Å². The first kappa shape index (κ1) is 11.8. The van der Waals surface area contributed by atoms with E-state index >= 15 is 0 Å². The van der Waals surface area contributed by atoms with Gasteiger partial charge in [0.05, 0.1) is 0 Å². The smallest absolute Gasteiger partial charge is 0.251 e. The van der Waals surface area contributed by atoms with E-state index in [1.54, 1.807) is 12.1 Å². The number of carbonyl (C=O) groups is 2. The quantitative estimate of drug-likeness (QED) is 0.807. The summed E-state index contributed by atoms with van der Waals surface area (Å²) < 4.78 is 0. The van der Waals surface area contributed by atoms with Crippen molar-refractivity contribution in [2.75, 3.05) is 0 Å². The number of hydrogen-bond donors (Lipinski definition) is 1. The van der Waals surface area contributed by atoms with Gasteiger partial charge in [-0.15, -0.1) is 0 Å². The van der Waals surface area contributed by atoms with E-state index in [9.17, 15) is 9.59 Å². The molecule has 1 fully saturated rings. The SMILES string of the molecule is CC(C=O)C1(NC(=O)c2ccccc2)CCC1. The Morgan fingerprint density at radius 3 is 2.47 bits per heavy atom. The lowest BCUT2D eigenvalue weighted by molar-refractivity contribution is -0.114. The van der Waals surface area contributed by atoms with Crippen LogP contribution in [0, 0.1) is 5.92 Å². The molecule has 1 saturated carbocycles. The third kappa shape index (κ3) is 2.23. The molecule has 1 N–H and O–H groups in total. The fraction of sp³-hybridized carbons (Fsp3) is 0.429. The zero-order valence-corrected chi connectivity index (χ0v) is 9.98. The zero-order valence-electron chi connectivity index (χ0n) is 9.98. The Balaban J connectivity index is 2.10. The Labute approximate surface area is 101 Å². The van der Waals surface area contributed by atoms with Crippen molar-refractivity contribution in [3.8, 4) is 0 Å². The molecule has 0 aliphatic heterocycles. The highest BCUT2D eigenvalue weighted by Crippen LogP contribution is 2.37. The van der Waals surface area contributed by atoms with Crippen LogP contribution < -0.4 is 5.32 Å². The van der Waals surface area contributed by atoms with E-state index in [-0.39, 0.29) is 17.4 Å². The monoisotopic (exact) mass is 231 g/mol. The van der Waals surface area contributed by atoms with Crippen molar-refractivity contribution in [3.05, 3.63) is 35.9 Å². The second-order valence-corrected chi connectivity index (χ2v) is 4.75. The summed E-state index contributed by atoms with van der Waals surface area (Å²) in [5, 5.41) is 3.03. The van der Waals surface area contributed by atoms with Crippen LogP contribution in [-0.2, 0) is 4.79 Å². The van der Waals surface area contributed by atoms with E-state index in [1.807, 2.05) is 25.1 Å². The molecule has 1 aliphatic carbocycles. The maximum absolute atomic E-state index is 12.0. The molecule has 1 aromatic carbocycles. The fourth-order valence-electron chi connectivity index (χ4n) is 2.27. The van der Waals surface area contributed by atoms with E-state index in [4.69, 9.17) is 0 Å². The predicted octanol–water partition coefficient (Wildman–Crippen LogP) is 2.17. The normalized spacial score (nSPS) is 18.9. The number of amides is 1. The third-order valence-corrected chi connectivity index (χ3v) is 3.72. The van der Waals surface area contributed by atoms with Crippen LogP contribution in [0.15, 0.2) is 30.3 Å². The standard InChI is InChI=1S/C14H17NO2/c1-11(10-16)14(8-5-9-14)15-13(17)12-6-3-2-4-7-12/h2-4,6-7,10-11H,5,8-9H2,1H3,(H,15,17). The first-order chi connectivity index (χ1) is 8.18. The van der Waals surface area contributed by atoms with Crippen molar-refractivity contribution in [1.29, 1.82) is 0 Å². The topological polar surface area (TPSA) is 46.2 Å².